The number of aromatic nitrogens is 4. The number of rotatable bonds is 3. The Hall–Kier alpha value is -2.67. The number of hydrogen-bond acceptors (Lipinski definition) is 4. The van der Waals surface area contributed by atoms with Gasteiger partial charge in [-0.25, -0.2) is 4.98 Å². The summed E-state index contributed by atoms with van der Waals surface area (Å²) >= 11 is 1.52. The Kier molecular flexibility index (Phi) is 5.06. The van der Waals surface area contributed by atoms with Crippen LogP contribution in [0.2, 0.25) is 0 Å². The third kappa shape index (κ3) is 3.88. The molecule has 0 radical (unpaired) electrons. The highest BCUT2D eigenvalue weighted by molar-refractivity contribution is 7.10. The lowest BCUT2D eigenvalue weighted by atomic mass is 9.90. The summed E-state index contributed by atoms with van der Waals surface area (Å²) in [6, 6.07) is 3.67. The lowest BCUT2D eigenvalue weighted by molar-refractivity contribution is 0.549. The van der Waals surface area contributed by atoms with Gasteiger partial charge in [0, 0.05) is 22.0 Å². The van der Waals surface area contributed by atoms with Crippen LogP contribution < -0.4 is 21.8 Å². The molecule has 3 aromatic rings. The van der Waals surface area contributed by atoms with E-state index in [0.717, 1.165) is 10.6 Å². The maximum atomic E-state index is 13.1. The summed E-state index contributed by atoms with van der Waals surface area (Å²) in [6.07, 6.45) is 5.00. The van der Waals surface area contributed by atoms with Gasteiger partial charge in [-0.3, -0.25) is 14.2 Å². The molecule has 3 heterocycles. The molecule has 142 valence electrons. The maximum absolute atomic E-state index is 13.1. The Morgan fingerprint density at radius 3 is 2.56 bits per heavy atom. The third-order valence-corrected chi connectivity index (χ3v) is 5.05. The zero-order valence-electron chi connectivity index (χ0n) is 16.2. The molecule has 0 aliphatic carbocycles. The summed E-state index contributed by atoms with van der Waals surface area (Å²) in [5, 5.41) is 2.52. The third-order valence-electron chi connectivity index (χ3n) is 4.23. The van der Waals surface area contributed by atoms with Crippen molar-refractivity contribution in [3.63, 3.8) is 0 Å². The van der Waals surface area contributed by atoms with E-state index in [9.17, 15) is 9.59 Å². The minimum atomic E-state index is -0.296. The number of imidazole rings is 1. The maximum Gasteiger partial charge on any atom is 0.275 e. The highest BCUT2D eigenvalue weighted by atomic mass is 32.1. The summed E-state index contributed by atoms with van der Waals surface area (Å²) in [5.41, 5.74) is 0.867. The highest BCUT2D eigenvalue weighted by Gasteiger charge is 2.19. The fourth-order valence-electron chi connectivity index (χ4n) is 2.99. The van der Waals surface area contributed by atoms with E-state index < -0.39 is 0 Å². The van der Waals surface area contributed by atoms with Gasteiger partial charge in [0.1, 0.15) is 10.7 Å². The first-order valence-corrected chi connectivity index (χ1v) is 9.72. The first kappa shape index (κ1) is 19.1. The molecule has 0 aromatic carbocycles. The Balaban J connectivity index is 2.32. The van der Waals surface area contributed by atoms with Gasteiger partial charge in [-0.05, 0) is 37.4 Å². The molecular formula is C20H24N4O2S. The van der Waals surface area contributed by atoms with E-state index in [1.54, 1.807) is 18.5 Å². The van der Waals surface area contributed by atoms with Crippen molar-refractivity contribution in [2.24, 2.45) is 0 Å². The van der Waals surface area contributed by atoms with Gasteiger partial charge in [0.25, 0.3) is 11.1 Å². The first-order valence-electron chi connectivity index (χ1n) is 8.84. The lowest BCUT2D eigenvalue weighted by Gasteiger charge is -2.17. The average Bonchev–Trinajstić information content (AvgIpc) is 3.22. The van der Waals surface area contributed by atoms with Crippen molar-refractivity contribution in [1.82, 2.24) is 19.5 Å². The number of aromatic amines is 2. The standard InChI is InChI=1S/C20H24N4O2S/c1-12(2)24-16(9-13-7-6-8-27-13)18(25)23-15(19(24)26)10-14-17(20(3,4)5)22-11-21-14/h6-12H,1-5H3,(H,21,22)(H,23,25)/b15-10-,16-9-. The fourth-order valence-corrected chi connectivity index (χ4v) is 3.64. The van der Waals surface area contributed by atoms with Crippen molar-refractivity contribution in [2.45, 2.75) is 46.1 Å². The second-order valence-electron chi connectivity index (χ2n) is 7.74. The molecule has 0 amide bonds. The minimum absolute atomic E-state index is 0.153. The molecule has 3 rings (SSSR count). The van der Waals surface area contributed by atoms with Crippen LogP contribution in [0.3, 0.4) is 0 Å². The summed E-state index contributed by atoms with van der Waals surface area (Å²) < 4.78 is 1.54. The van der Waals surface area contributed by atoms with Crippen LogP contribution in [0.1, 0.15) is 56.9 Å². The van der Waals surface area contributed by atoms with Crippen LogP contribution in [0, 0.1) is 0 Å². The minimum Gasteiger partial charge on any atom is -0.348 e. The monoisotopic (exact) mass is 384 g/mol. The normalized spacial score (nSPS) is 13.7. The van der Waals surface area contributed by atoms with Gasteiger partial charge in [0.2, 0.25) is 0 Å². The smallest absolute Gasteiger partial charge is 0.275 e. The van der Waals surface area contributed by atoms with Crippen LogP contribution in [-0.4, -0.2) is 19.5 Å². The lowest BCUT2D eigenvalue weighted by Crippen LogP contribution is -2.54. The van der Waals surface area contributed by atoms with Gasteiger partial charge in [-0.2, -0.15) is 0 Å². The molecule has 0 aliphatic rings. The average molecular weight is 385 g/mol. The second kappa shape index (κ2) is 7.15. The molecule has 0 saturated heterocycles. The predicted molar refractivity (Wildman–Crippen MR) is 110 cm³/mol. The Bertz CT molecular complexity index is 1170. The van der Waals surface area contributed by atoms with E-state index in [1.165, 1.54) is 15.9 Å². The number of hydrogen-bond donors (Lipinski definition) is 2. The zero-order valence-corrected chi connectivity index (χ0v) is 17.0. The number of thiophene rings is 1. The van der Waals surface area contributed by atoms with Crippen LogP contribution >= 0.6 is 11.3 Å². The molecule has 0 spiro atoms. The molecule has 0 bridgehead atoms. The van der Waals surface area contributed by atoms with Gasteiger partial charge in [-0.15, -0.1) is 11.3 Å². The van der Waals surface area contributed by atoms with Gasteiger partial charge >= 0.3 is 0 Å². The van der Waals surface area contributed by atoms with Crippen molar-refractivity contribution >= 4 is 23.5 Å². The van der Waals surface area contributed by atoms with Gasteiger partial charge in [-0.1, -0.05) is 26.8 Å². The van der Waals surface area contributed by atoms with Gasteiger partial charge in [0.15, 0.2) is 0 Å². The van der Waals surface area contributed by atoms with Crippen LogP contribution in [-0.2, 0) is 5.41 Å². The van der Waals surface area contributed by atoms with E-state index in [0.29, 0.717) is 11.0 Å². The number of nitrogens with one attached hydrogen (secondary N) is 2. The van der Waals surface area contributed by atoms with Crippen LogP contribution in [0.25, 0.3) is 12.2 Å². The summed E-state index contributed by atoms with van der Waals surface area (Å²) in [6.45, 7) is 9.97. The summed E-state index contributed by atoms with van der Waals surface area (Å²) in [4.78, 5) is 37.0. The van der Waals surface area contributed by atoms with Crippen molar-refractivity contribution < 1.29 is 0 Å². The van der Waals surface area contributed by atoms with E-state index in [-0.39, 0.29) is 27.9 Å². The van der Waals surface area contributed by atoms with Crippen LogP contribution in [0.5, 0.6) is 0 Å². The van der Waals surface area contributed by atoms with Crippen molar-refractivity contribution in [2.75, 3.05) is 0 Å². The second-order valence-corrected chi connectivity index (χ2v) is 8.72. The molecule has 27 heavy (non-hydrogen) atoms. The quantitative estimate of drug-likeness (QED) is 0.723. The largest absolute Gasteiger partial charge is 0.348 e. The van der Waals surface area contributed by atoms with Crippen LogP contribution in [0.15, 0.2) is 33.4 Å². The molecule has 0 unspecified atom stereocenters. The molecule has 2 N–H and O–H groups in total. The summed E-state index contributed by atoms with van der Waals surface area (Å²) in [5.74, 6) is 0. The molecule has 6 nitrogen and oxygen atoms in total. The fraction of sp³-hybridized carbons (Fsp3) is 0.350. The number of nitrogens with zero attached hydrogens (tertiary/aromatic N) is 2. The van der Waals surface area contributed by atoms with E-state index in [4.69, 9.17) is 0 Å². The van der Waals surface area contributed by atoms with Crippen molar-refractivity contribution in [3.8, 4) is 0 Å². The van der Waals surface area contributed by atoms with Crippen LogP contribution in [0.4, 0.5) is 0 Å². The Morgan fingerprint density at radius 2 is 1.96 bits per heavy atom. The highest BCUT2D eigenvalue weighted by Crippen LogP contribution is 2.22. The topological polar surface area (TPSA) is 83.5 Å². The molecular weight excluding hydrogens is 360 g/mol. The zero-order chi connectivity index (χ0) is 19.8. The molecule has 0 fully saturated rings. The van der Waals surface area contributed by atoms with E-state index >= 15 is 0 Å². The van der Waals surface area contributed by atoms with Crippen molar-refractivity contribution in [3.05, 3.63) is 71.5 Å². The SMILES string of the molecule is CC(C)n1c(=O)/c(=C/c2nc[nH]c2C(C)(C)C)[nH]c(=O)/c1=C/c1cccs1. The first-order chi connectivity index (χ1) is 12.7. The summed E-state index contributed by atoms with van der Waals surface area (Å²) in [7, 11) is 0. The van der Waals surface area contributed by atoms with E-state index in [1.807, 2.05) is 31.4 Å². The van der Waals surface area contributed by atoms with E-state index in [2.05, 4.69) is 35.7 Å². The molecule has 0 aliphatic heterocycles. The van der Waals surface area contributed by atoms with Gasteiger partial charge < -0.3 is 9.97 Å². The van der Waals surface area contributed by atoms with Gasteiger partial charge in [0.05, 0.1) is 12.0 Å². The Morgan fingerprint density at radius 1 is 1.22 bits per heavy atom. The molecule has 0 saturated carbocycles. The molecule has 3 aromatic heterocycles. The molecule has 7 heteroatoms. The molecule has 0 atom stereocenters. The Labute approximate surface area is 160 Å². The predicted octanol–water partition coefficient (Wildman–Crippen LogP) is 1.86. The van der Waals surface area contributed by atoms with Crippen molar-refractivity contribution in [1.29, 1.82) is 0 Å². The number of H-pyrrole nitrogens is 2.